The smallest absolute Gasteiger partial charge is 0.339 e. The standard InChI is InChI=1S/C17H19ClF3N3O/c1-4-23(10-11(2)3)16(25)14-9-22-24(15(14)17(19,20)21)13-7-5-12(18)6-8-13/h5-9,11H,4,10H2,1-3H3. The lowest BCUT2D eigenvalue weighted by molar-refractivity contribution is -0.143. The minimum absolute atomic E-state index is 0.143. The number of carbonyl (C=O) groups is 1. The van der Waals surface area contributed by atoms with Gasteiger partial charge < -0.3 is 4.90 Å². The molecule has 1 aromatic heterocycles. The van der Waals surface area contributed by atoms with Gasteiger partial charge in [-0.15, -0.1) is 0 Å². The van der Waals surface area contributed by atoms with Crippen LogP contribution >= 0.6 is 11.6 Å². The fraction of sp³-hybridized carbons (Fsp3) is 0.412. The highest BCUT2D eigenvalue weighted by molar-refractivity contribution is 6.30. The molecule has 2 aromatic rings. The molecule has 0 aliphatic rings. The van der Waals surface area contributed by atoms with E-state index in [0.29, 0.717) is 18.1 Å². The van der Waals surface area contributed by atoms with Gasteiger partial charge in [0.25, 0.3) is 5.91 Å². The molecule has 1 amide bonds. The summed E-state index contributed by atoms with van der Waals surface area (Å²) in [6, 6.07) is 5.78. The van der Waals surface area contributed by atoms with Crippen LogP contribution in [0.5, 0.6) is 0 Å². The topological polar surface area (TPSA) is 38.1 Å². The first-order valence-corrected chi connectivity index (χ1v) is 8.23. The fourth-order valence-corrected chi connectivity index (χ4v) is 2.65. The first-order valence-electron chi connectivity index (χ1n) is 7.85. The Kier molecular flexibility index (Phi) is 5.77. The molecule has 0 fully saturated rings. The molecule has 0 spiro atoms. The number of alkyl halides is 3. The van der Waals surface area contributed by atoms with E-state index in [4.69, 9.17) is 11.6 Å². The van der Waals surface area contributed by atoms with Gasteiger partial charge in [0, 0.05) is 18.1 Å². The van der Waals surface area contributed by atoms with E-state index >= 15 is 0 Å². The Balaban J connectivity index is 2.53. The molecule has 0 unspecified atom stereocenters. The second kappa shape index (κ2) is 7.47. The number of rotatable bonds is 5. The van der Waals surface area contributed by atoms with Crippen molar-refractivity contribution in [1.82, 2.24) is 14.7 Å². The number of amides is 1. The molecule has 0 radical (unpaired) electrons. The summed E-state index contributed by atoms with van der Waals surface area (Å²) in [5, 5.41) is 4.20. The third-order valence-electron chi connectivity index (χ3n) is 3.59. The Labute approximate surface area is 149 Å². The van der Waals surface area contributed by atoms with Crippen LogP contribution in [0.1, 0.15) is 36.8 Å². The summed E-state index contributed by atoms with van der Waals surface area (Å²) in [4.78, 5) is 14.0. The summed E-state index contributed by atoms with van der Waals surface area (Å²) >= 11 is 5.78. The quantitative estimate of drug-likeness (QED) is 0.764. The Bertz CT molecular complexity index is 739. The highest BCUT2D eigenvalue weighted by atomic mass is 35.5. The van der Waals surface area contributed by atoms with E-state index in [1.54, 1.807) is 6.92 Å². The Hall–Kier alpha value is -2.02. The zero-order valence-electron chi connectivity index (χ0n) is 14.1. The van der Waals surface area contributed by atoms with Gasteiger partial charge in [-0.25, -0.2) is 4.68 Å². The van der Waals surface area contributed by atoms with Gasteiger partial charge in [0.15, 0.2) is 5.69 Å². The van der Waals surface area contributed by atoms with Crippen LogP contribution in [0.25, 0.3) is 5.69 Å². The molecule has 4 nitrogen and oxygen atoms in total. The maximum Gasteiger partial charge on any atom is 0.434 e. The molecule has 0 saturated carbocycles. The third kappa shape index (κ3) is 4.34. The minimum Gasteiger partial charge on any atom is -0.339 e. The van der Waals surface area contributed by atoms with Crippen LogP contribution in [0, 0.1) is 5.92 Å². The van der Waals surface area contributed by atoms with Gasteiger partial charge in [-0.05, 0) is 37.1 Å². The predicted molar refractivity (Wildman–Crippen MR) is 90.0 cm³/mol. The number of nitrogens with zero attached hydrogens (tertiary/aromatic N) is 3. The predicted octanol–water partition coefficient (Wildman–Crippen LogP) is 4.66. The van der Waals surface area contributed by atoms with Crippen molar-refractivity contribution in [2.75, 3.05) is 13.1 Å². The summed E-state index contributed by atoms with van der Waals surface area (Å²) in [6.07, 6.45) is -3.75. The second-order valence-corrected chi connectivity index (χ2v) is 6.47. The molecule has 8 heteroatoms. The van der Waals surface area contributed by atoms with E-state index in [9.17, 15) is 18.0 Å². The van der Waals surface area contributed by atoms with Crippen LogP contribution in [-0.2, 0) is 6.18 Å². The molecule has 1 aromatic carbocycles. The molecule has 0 aliphatic carbocycles. The van der Waals surface area contributed by atoms with E-state index in [1.165, 1.54) is 29.2 Å². The van der Waals surface area contributed by atoms with Gasteiger partial charge in [0.1, 0.15) is 0 Å². The van der Waals surface area contributed by atoms with Crippen molar-refractivity contribution in [2.24, 2.45) is 5.92 Å². The molecule has 25 heavy (non-hydrogen) atoms. The van der Waals surface area contributed by atoms with Crippen molar-refractivity contribution in [3.63, 3.8) is 0 Å². The normalized spacial score (nSPS) is 11.8. The lowest BCUT2D eigenvalue weighted by Gasteiger charge is -2.23. The van der Waals surface area contributed by atoms with Crippen molar-refractivity contribution < 1.29 is 18.0 Å². The zero-order chi connectivity index (χ0) is 18.8. The van der Waals surface area contributed by atoms with Crippen LogP contribution in [0.4, 0.5) is 13.2 Å². The molecule has 0 bridgehead atoms. The van der Waals surface area contributed by atoms with Crippen molar-refractivity contribution in [2.45, 2.75) is 26.9 Å². The molecule has 0 atom stereocenters. The van der Waals surface area contributed by atoms with Crippen LogP contribution in [0.3, 0.4) is 0 Å². The van der Waals surface area contributed by atoms with E-state index < -0.39 is 23.3 Å². The third-order valence-corrected chi connectivity index (χ3v) is 3.85. The van der Waals surface area contributed by atoms with Crippen LogP contribution < -0.4 is 0 Å². The largest absolute Gasteiger partial charge is 0.434 e. The molecule has 0 saturated heterocycles. The summed E-state index contributed by atoms with van der Waals surface area (Å²) in [6.45, 7) is 6.23. The first kappa shape index (κ1) is 19.3. The number of carbonyl (C=O) groups excluding carboxylic acids is 1. The molecule has 136 valence electrons. The summed E-state index contributed by atoms with van der Waals surface area (Å²) in [7, 11) is 0. The van der Waals surface area contributed by atoms with Gasteiger partial charge in [-0.3, -0.25) is 4.79 Å². The van der Waals surface area contributed by atoms with Gasteiger partial charge in [-0.2, -0.15) is 18.3 Å². The van der Waals surface area contributed by atoms with Crippen molar-refractivity contribution in [1.29, 1.82) is 0 Å². The van der Waals surface area contributed by atoms with E-state index in [1.807, 2.05) is 13.8 Å². The average molecular weight is 374 g/mol. The fourth-order valence-electron chi connectivity index (χ4n) is 2.52. The zero-order valence-corrected chi connectivity index (χ0v) is 14.9. The van der Waals surface area contributed by atoms with E-state index in [2.05, 4.69) is 5.10 Å². The van der Waals surface area contributed by atoms with E-state index in [-0.39, 0.29) is 11.6 Å². The van der Waals surface area contributed by atoms with Crippen LogP contribution in [0.15, 0.2) is 30.5 Å². The molecule has 1 heterocycles. The monoisotopic (exact) mass is 373 g/mol. The van der Waals surface area contributed by atoms with Crippen molar-refractivity contribution in [3.8, 4) is 5.69 Å². The summed E-state index contributed by atoms with van der Waals surface area (Å²) < 4.78 is 41.6. The lowest BCUT2D eigenvalue weighted by Crippen LogP contribution is -2.35. The van der Waals surface area contributed by atoms with Gasteiger partial charge in [0.2, 0.25) is 0 Å². The Morgan fingerprint density at radius 2 is 1.88 bits per heavy atom. The number of hydrogen-bond donors (Lipinski definition) is 0. The van der Waals surface area contributed by atoms with Crippen LogP contribution in [-0.4, -0.2) is 33.7 Å². The van der Waals surface area contributed by atoms with E-state index in [0.717, 1.165) is 10.9 Å². The SMILES string of the molecule is CCN(CC(C)C)C(=O)c1cnn(-c2ccc(Cl)cc2)c1C(F)(F)F. The highest BCUT2D eigenvalue weighted by Crippen LogP contribution is 2.34. The molecular weight excluding hydrogens is 355 g/mol. The summed E-state index contributed by atoms with van der Waals surface area (Å²) in [5.74, 6) is -0.534. The molecular formula is C17H19ClF3N3O. The summed E-state index contributed by atoms with van der Waals surface area (Å²) in [5.41, 5.74) is -1.35. The maximum atomic E-state index is 13.6. The first-order chi connectivity index (χ1) is 11.6. The van der Waals surface area contributed by atoms with Gasteiger partial charge in [-0.1, -0.05) is 25.4 Å². The number of hydrogen-bond acceptors (Lipinski definition) is 2. The van der Waals surface area contributed by atoms with Gasteiger partial charge >= 0.3 is 6.18 Å². The minimum atomic E-state index is -4.72. The molecule has 0 N–H and O–H groups in total. The Morgan fingerprint density at radius 3 is 2.36 bits per heavy atom. The number of aromatic nitrogens is 2. The van der Waals surface area contributed by atoms with Crippen molar-refractivity contribution >= 4 is 17.5 Å². The highest BCUT2D eigenvalue weighted by Gasteiger charge is 2.41. The Morgan fingerprint density at radius 1 is 1.28 bits per heavy atom. The molecule has 2 rings (SSSR count). The average Bonchev–Trinajstić information content (AvgIpc) is 2.97. The van der Waals surface area contributed by atoms with Crippen LogP contribution in [0.2, 0.25) is 5.02 Å². The second-order valence-electron chi connectivity index (χ2n) is 6.03. The number of benzene rings is 1. The maximum absolute atomic E-state index is 13.6. The lowest BCUT2D eigenvalue weighted by atomic mass is 10.1. The molecule has 0 aliphatic heterocycles. The number of halogens is 4. The van der Waals surface area contributed by atoms with Crippen molar-refractivity contribution in [3.05, 3.63) is 46.7 Å². The van der Waals surface area contributed by atoms with Gasteiger partial charge in [0.05, 0.1) is 17.4 Å².